The summed E-state index contributed by atoms with van der Waals surface area (Å²) in [7, 11) is 0. The van der Waals surface area contributed by atoms with Gasteiger partial charge >= 0.3 is 5.97 Å². The number of pyridine rings is 1. The number of aliphatic carboxylic acids is 1. The normalized spacial score (nSPS) is 14.1. The highest BCUT2D eigenvalue weighted by Crippen LogP contribution is 2.26. The Morgan fingerprint density at radius 1 is 1.20 bits per heavy atom. The highest BCUT2D eigenvalue weighted by atomic mass is 19.1. The number of hydrogen-bond donors (Lipinski definition) is 4. The number of hydrogen-bond acceptors (Lipinski definition) is 7. The van der Waals surface area contributed by atoms with Gasteiger partial charge in [-0.2, -0.15) is 0 Å². The summed E-state index contributed by atoms with van der Waals surface area (Å²) in [5, 5.41) is 15.5. The zero-order valence-electron chi connectivity index (χ0n) is 24.7. The molecule has 226 valence electrons. The standard InChI is InChI=1S/C31H45FN4O5/c1-30(2,33)20-41-31(3,4)15-17-40-26-14-12-22(18-24(26)32)25(19-28(38)39)36-27(37)10-6-5-9-23-13-11-21-8-7-16-34-29(21)35-23/h11-14,18,25H,5-10,15-17,19-20,33H2,1-4H3,(H,34,35)(H,36,37)(H,38,39)/t25-/m0/s1. The van der Waals surface area contributed by atoms with Gasteiger partial charge in [0, 0.05) is 30.6 Å². The molecule has 1 aliphatic rings. The maximum absolute atomic E-state index is 14.9. The van der Waals surface area contributed by atoms with Gasteiger partial charge in [0.05, 0.1) is 31.3 Å². The fourth-order valence-corrected chi connectivity index (χ4v) is 4.50. The predicted octanol–water partition coefficient (Wildman–Crippen LogP) is 4.93. The molecule has 0 aliphatic carbocycles. The molecule has 41 heavy (non-hydrogen) atoms. The first-order chi connectivity index (χ1) is 19.3. The second-order valence-electron chi connectivity index (χ2n) is 12.1. The minimum atomic E-state index is -1.09. The quantitative estimate of drug-likeness (QED) is 0.208. The van der Waals surface area contributed by atoms with E-state index < -0.39 is 29.0 Å². The molecule has 0 saturated heterocycles. The van der Waals surface area contributed by atoms with Crippen LogP contribution in [0.25, 0.3) is 0 Å². The third kappa shape index (κ3) is 11.3. The van der Waals surface area contributed by atoms with Crippen LogP contribution in [0.1, 0.15) is 89.1 Å². The van der Waals surface area contributed by atoms with E-state index in [0.717, 1.165) is 43.7 Å². The van der Waals surface area contributed by atoms with Gasteiger partial charge in [0.15, 0.2) is 11.6 Å². The molecule has 0 spiro atoms. The summed E-state index contributed by atoms with van der Waals surface area (Å²) in [6.07, 6.45) is 4.69. The Hall–Kier alpha value is -3.24. The van der Waals surface area contributed by atoms with E-state index in [1.165, 1.54) is 17.7 Å². The van der Waals surface area contributed by atoms with Crippen molar-refractivity contribution >= 4 is 17.7 Å². The first-order valence-electron chi connectivity index (χ1n) is 14.4. The number of ether oxygens (including phenoxy) is 2. The van der Waals surface area contributed by atoms with Crippen LogP contribution in [0.15, 0.2) is 30.3 Å². The molecule has 3 rings (SSSR count). The molecule has 0 radical (unpaired) electrons. The van der Waals surface area contributed by atoms with Crippen molar-refractivity contribution in [3.8, 4) is 5.75 Å². The molecular weight excluding hydrogens is 527 g/mol. The highest BCUT2D eigenvalue weighted by molar-refractivity contribution is 5.77. The van der Waals surface area contributed by atoms with E-state index in [-0.39, 0.29) is 31.1 Å². The Morgan fingerprint density at radius 3 is 2.68 bits per heavy atom. The number of unbranched alkanes of at least 4 members (excludes halogenated alkanes) is 1. The third-order valence-electron chi connectivity index (χ3n) is 6.91. The van der Waals surface area contributed by atoms with Crippen LogP contribution in [0.4, 0.5) is 10.2 Å². The summed E-state index contributed by atoms with van der Waals surface area (Å²) in [5.41, 5.74) is 7.60. The summed E-state index contributed by atoms with van der Waals surface area (Å²) in [4.78, 5) is 28.8. The minimum Gasteiger partial charge on any atom is -0.490 e. The molecule has 9 nitrogen and oxygen atoms in total. The van der Waals surface area contributed by atoms with Crippen LogP contribution in [0.5, 0.6) is 5.75 Å². The van der Waals surface area contributed by atoms with Gasteiger partial charge < -0.3 is 30.9 Å². The molecule has 0 saturated carbocycles. The van der Waals surface area contributed by atoms with Gasteiger partial charge in [0.2, 0.25) is 5.91 Å². The fraction of sp³-hybridized carbons (Fsp3) is 0.581. The van der Waals surface area contributed by atoms with E-state index in [2.05, 4.69) is 21.7 Å². The van der Waals surface area contributed by atoms with Crippen molar-refractivity contribution < 1.29 is 28.6 Å². The monoisotopic (exact) mass is 572 g/mol. The van der Waals surface area contributed by atoms with Gasteiger partial charge in [-0.25, -0.2) is 9.37 Å². The van der Waals surface area contributed by atoms with E-state index >= 15 is 0 Å². The number of aryl methyl sites for hydroxylation is 2. The van der Waals surface area contributed by atoms with Crippen LogP contribution in [0, 0.1) is 5.82 Å². The van der Waals surface area contributed by atoms with Gasteiger partial charge in [-0.05, 0) is 89.1 Å². The Kier molecular flexibility index (Phi) is 11.5. The third-order valence-corrected chi connectivity index (χ3v) is 6.91. The first-order valence-corrected chi connectivity index (χ1v) is 14.4. The highest BCUT2D eigenvalue weighted by Gasteiger charge is 2.23. The number of carboxylic acid groups (broad SMARTS) is 1. The number of anilines is 1. The SMILES string of the molecule is CC(C)(N)COC(C)(C)CCOc1ccc([C@H](CC(=O)O)NC(=O)CCCCc2ccc3c(n2)NCCC3)cc1F. The number of nitrogens with zero attached hydrogens (tertiary/aromatic N) is 1. The molecule has 1 aromatic heterocycles. The van der Waals surface area contributed by atoms with Crippen molar-refractivity contribution in [1.29, 1.82) is 0 Å². The lowest BCUT2D eigenvalue weighted by Gasteiger charge is -2.29. The lowest BCUT2D eigenvalue weighted by Crippen LogP contribution is -2.41. The molecule has 0 fully saturated rings. The minimum absolute atomic E-state index is 0.0510. The van der Waals surface area contributed by atoms with Gasteiger partial charge in [0.1, 0.15) is 5.82 Å². The van der Waals surface area contributed by atoms with Gasteiger partial charge in [-0.1, -0.05) is 12.1 Å². The number of nitrogens with one attached hydrogen (secondary N) is 2. The second-order valence-corrected chi connectivity index (χ2v) is 12.1. The van der Waals surface area contributed by atoms with Crippen LogP contribution >= 0.6 is 0 Å². The molecule has 1 aliphatic heterocycles. The number of carbonyl (C=O) groups is 2. The van der Waals surface area contributed by atoms with Crippen LogP contribution in [0.3, 0.4) is 0 Å². The van der Waals surface area contributed by atoms with Crippen LogP contribution < -0.4 is 21.1 Å². The Morgan fingerprint density at radius 2 is 1.98 bits per heavy atom. The van der Waals surface area contributed by atoms with E-state index in [1.54, 1.807) is 6.07 Å². The molecule has 0 bridgehead atoms. The average molecular weight is 573 g/mol. The number of nitrogens with two attached hydrogens (primary N) is 1. The van der Waals surface area contributed by atoms with Crippen molar-refractivity contribution in [2.75, 3.05) is 25.1 Å². The zero-order valence-corrected chi connectivity index (χ0v) is 24.7. The summed E-state index contributed by atoms with van der Waals surface area (Å²) in [6, 6.07) is 7.56. The molecular formula is C31H45FN4O5. The smallest absolute Gasteiger partial charge is 0.305 e. The van der Waals surface area contributed by atoms with Crippen LogP contribution in [-0.2, 0) is 27.2 Å². The number of carbonyl (C=O) groups excluding carboxylic acids is 1. The predicted molar refractivity (Wildman–Crippen MR) is 157 cm³/mol. The lowest BCUT2D eigenvalue weighted by molar-refractivity contribution is -0.137. The lowest BCUT2D eigenvalue weighted by atomic mass is 10.0. The van der Waals surface area contributed by atoms with E-state index in [4.69, 9.17) is 15.2 Å². The molecule has 2 aromatic rings. The van der Waals surface area contributed by atoms with Gasteiger partial charge in [-0.3, -0.25) is 9.59 Å². The maximum Gasteiger partial charge on any atom is 0.305 e. The summed E-state index contributed by atoms with van der Waals surface area (Å²) >= 11 is 0. The second kappa shape index (κ2) is 14.6. The molecule has 5 N–H and O–H groups in total. The number of aromatic nitrogens is 1. The maximum atomic E-state index is 14.9. The number of carboxylic acids is 1. The van der Waals surface area contributed by atoms with Gasteiger partial charge in [-0.15, -0.1) is 0 Å². The van der Waals surface area contributed by atoms with Crippen molar-refractivity contribution in [3.05, 3.63) is 53.0 Å². The number of halogens is 1. The van der Waals surface area contributed by atoms with E-state index in [1.807, 2.05) is 33.8 Å². The van der Waals surface area contributed by atoms with E-state index in [0.29, 0.717) is 25.0 Å². The molecule has 1 aromatic carbocycles. The van der Waals surface area contributed by atoms with Crippen molar-refractivity contribution in [3.63, 3.8) is 0 Å². The largest absolute Gasteiger partial charge is 0.490 e. The molecule has 10 heteroatoms. The first kappa shape index (κ1) is 32.3. The number of fused-ring (bicyclic) bond motifs is 1. The van der Waals surface area contributed by atoms with Crippen LogP contribution in [-0.4, -0.2) is 52.9 Å². The van der Waals surface area contributed by atoms with Crippen molar-refractivity contribution in [2.24, 2.45) is 5.73 Å². The fourth-order valence-electron chi connectivity index (χ4n) is 4.50. The van der Waals surface area contributed by atoms with Gasteiger partial charge in [0.25, 0.3) is 0 Å². The summed E-state index contributed by atoms with van der Waals surface area (Å²) < 4.78 is 26.4. The average Bonchev–Trinajstić information content (AvgIpc) is 2.90. The van der Waals surface area contributed by atoms with E-state index in [9.17, 15) is 19.1 Å². The Bertz CT molecular complexity index is 1180. The Balaban J connectivity index is 1.48. The molecule has 2 heterocycles. The Labute approximate surface area is 242 Å². The van der Waals surface area contributed by atoms with Crippen molar-refractivity contribution in [2.45, 2.75) is 96.2 Å². The molecule has 1 atom stereocenters. The topological polar surface area (TPSA) is 136 Å². The summed E-state index contributed by atoms with van der Waals surface area (Å²) in [5.74, 6) is -0.988. The van der Waals surface area contributed by atoms with Crippen molar-refractivity contribution in [1.82, 2.24) is 10.3 Å². The molecule has 0 unspecified atom stereocenters. The zero-order chi connectivity index (χ0) is 30.0. The number of rotatable bonds is 16. The number of amides is 1. The van der Waals surface area contributed by atoms with Crippen LogP contribution in [0.2, 0.25) is 0 Å². The summed E-state index contributed by atoms with van der Waals surface area (Å²) in [6.45, 7) is 9.13. The number of benzene rings is 1. The molecule has 1 amide bonds.